The van der Waals surface area contributed by atoms with E-state index in [1.165, 1.54) is 11.8 Å². The first-order chi connectivity index (χ1) is 12.1. The first-order valence-corrected chi connectivity index (χ1v) is 9.55. The largest absolute Gasteiger partial charge is 0.497 e. The number of hydrogen-bond donors (Lipinski definition) is 0. The molecule has 0 radical (unpaired) electrons. The first-order valence-electron chi connectivity index (χ1n) is 8.40. The SMILES string of the molecule is COc1ccc(C(=O)C2CCN(C(=O)CN3CSCC3=O)CC2)cc1. The highest BCUT2D eigenvalue weighted by Gasteiger charge is 2.30. The maximum absolute atomic E-state index is 12.6. The van der Waals surface area contributed by atoms with Gasteiger partial charge in [-0.25, -0.2) is 0 Å². The van der Waals surface area contributed by atoms with Crippen molar-refractivity contribution in [2.24, 2.45) is 5.92 Å². The van der Waals surface area contributed by atoms with E-state index in [0.717, 1.165) is 5.75 Å². The monoisotopic (exact) mass is 362 g/mol. The maximum atomic E-state index is 12.6. The second kappa shape index (κ2) is 7.91. The van der Waals surface area contributed by atoms with Gasteiger partial charge in [0.2, 0.25) is 11.8 Å². The Morgan fingerprint density at radius 1 is 1.20 bits per heavy atom. The minimum absolute atomic E-state index is 0.0220. The van der Waals surface area contributed by atoms with Gasteiger partial charge in [-0.3, -0.25) is 14.4 Å². The Morgan fingerprint density at radius 3 is 2.44 bits per heavy atom. The predicted molar refractivity (Wildman–Crippen MR) is 95.7 cm³/mol. The lowest BCUT2D eigenvalue weighted by Crippen LogP contribution is -2.45. The highest BCUT2D eigenvalue weighted by atomic mass is 32.2. The van der Waals surface area contributed by atoms with Gasteiger partial charge in [-0.2, -0.15) is 0 Å². The van der Waals surface area contributed by atoms with Crippen molar-refractivity contribution in [3.05, 3.63) is 29.8 Å². The van der Waals surface area contributed by atoms with E-state index >= 15 is 0 Å². The van der Waals surface area contributed by atoms with Crippen molar-refractivity contribution in [2.45, 2.75) is 12.8 Å². The molecule has 2 aliphatic rings. The van der Waals surface area contributed by atoms with Crippen LogP contribution in [0.4, 0.5) is 0 Å². The van der Waals surface area contributed by atoms with Crippen LogP contribution in [0.3, 0.4) is 0 Å². The summed E-state index contributed by atoms with van der Waals surface area (Å²) in [5, 5.41) is 0. The Hall–Kier alpha value is -2.02. The van der Waals surface area contributed by atoms with Gasteiger partial charge >= 0.3 is 0 Å². The summed E-state index contributed by atoms with van der Waals surface area (Å²) in [5.41, 5.74) is 0.685. The van der Waals surface area contributed by atoms with Crippen molar-refractivity contribution in [1.82, 2.24) is 9.80 Å². The smallest absolute Gasteiger partial charge is 0.242 e. The fourth-order valence-corrected chi connectivity index (χ4v) is 4.09. The van der Waals surface area contributed by atoms with Gasteiger partial charge in [0.15, 0.2) is 5.78 Å². The molecule has 1 aromatic rings. The summed E-state index contributed by atoms with van der Waals surface area (Å²) in [6.07, 6.45) is 1.33. The van der Waals surface area contributed by atoms with Crippen LogP contribution in [0.2, 0.25) is 0 Å². The van der Waals surface area contributed by atoms with E-state index in [0.29, 0.717) is 43.1 Å². The number of likely N-dealkylation sites (tertiary alicyclic amines) is 1. The van der Waals surface area contributed by atoms with Crippen LogP contribution in [0.25, 0.3) is 0 Å². The molecule has 0 saturated carbocycles. The summed E-state index contributed by atoms with van der Waals surface area (Å²) in [4.78, 5) is 39.9. The number of nitrogens with zero attached hydrogens (tertiary/aromatic N) is 2. The van der Waals surface area contributed by atoms with E-state index in [9.17, 15) is 14.4 Å². The molecule has 2 saturated heterocycles. The fraction of sp³-hybridized carbons (Fsp3) is 0.500. The van der Waals surface area contributed by atoms with E-state index in [1.54, 1.807) is 41.2 Å². The van der Waals surface area contributed by atoms with Crippen LogP contribution in [-0.4, -0.2) is 65.8 Å². The average molecular weight is 362 g/mol. The Bertz CT molecular complexity index is 654. The number of carbonyl (C=O) groups excluding carboxylic acids is 3. The van der Waals surface area contributed by atoms with Gasteiger partial charge in [0.05, 0.1) is 18.7 Å². The number of rotatable bonds is 5. The summed E-state index contributed by atoms with van der Waals surface area (Å²) in [5.74, 6) is 1.87. The zero-order valence-electron chi connectivity index (χ0n) is 14.3. The molecule has 2 aliphatic heterocycles. The third kappa shape index (κ3) is 4.15. The number of methoxy groups -OCH3 is 1. The van der Waals surface area contributed by atoms with Gasteiger partial charge in [-0.05, 0) is 37.1 Å². The molecule has 0 N–H and O–H groups in total. The van der Waals surface area contributed by atoms with E-state index in [-0.39, 0.29) is 30.1 Å². The van der Waals surface area contributed by atoms with Crippen molar-refractivity contribution < 1.29 is 19.1 Å². The molecule has 0 unspecified atom stereocenters. The number of amides is 2. The molecule has 134 valence electrons. The Morgan fingerprint density at radius 2 is 1.88 bits per heavy atom. The van der Waals surface area contributed by atoms with Crippen molar-refractivity contribution in [3.63, 3.8) is 0 Å². The summed E-state index contributed by atoms with van der Waals surface area (Å²) in [6, 6.07) is 7.15. The molecule has 6 nitrogen and oxygen atoms in total. The zero-order valence-corrected chi connectivity index (χ0v) is 15.1. The molecule has 0 bridgehead atoms. The lowest BCUT2D eigenvalue weighted by molar-refractivity contribution is -0.138. The van der Waals surface area contributed by atoms with Gasteiger partial charge in [-0.1, -0.05) is 0 Å². The van der Waals surface area contributed by atoms with Gasteiger partial charge in [-0.15, -0.1) is 11.8 Å². The van der Waals surface area contributed by atoms with Gasteiger partial charge in [0, 0.05) is 24.6 Å². The van der Waals surface area contributed by atoms with Crippen LogP contribution in [0, 0.1) is 5.92 Å². The number of ether oxygens (including phenoxy) is 1. The molecule has 2 heterocycles. The van der Waals surface area contributed by atoms with Crippen LogP contribution in [-0.2, 0) is 9.59 Å². The molecule has 0 spiro atoms. The summed E-state index contributed by atoms with van der Waals surface area (Å²) in [7, 11) is 1.60. The van der Waals surface area contributed by atoms with Crippen molar-refractivity contribution in [2.75, 3.05) is 38.4 Å². The van der Waals surface area contributed by atoms with E-state index < -0.39 is 0 Å². The molecule has 25 heavy (non-hydrogen) atoms. The second-order valence-electron chi connectivity index (χ2n) is 6.32. The fourth-order valence-electron chi connectivity index (χ4n) is 3.19. The molecule has 0 atom stereocenters. The highest BCUT2D eigenvalue weighted by molar-refractivity contribution is 8.00. The second-order valence-corrected chi connectivity index (χ2v) is 7.27. The molecule has 7 heteroatoms. The van der Waals surface area contributed by atoms with Gasteiger partial charge < -0.3 is 14.5 Å². The number of ketones is 1. The number of Topliss-reactive ketones (excluding diaryl/α,β-unsaturated/α-hetero) is 1. The lowest BCUT2D eigenvalue weighted by Gasteiger charge is -2.32. The number of benzene rings is 1. The molecule has 2 fully saturated rings. The number of carbonyl (C=O) groups is 3. The van der Waals surface area contributed by atoms with Gasteiger partial charge in [0.1, 0.15) is 12.3 Å². The lowest BCUT2D eigenvalue weighted by atomic mass is 9.89. The first kappa shape index (κ1) is 17.8. The third-order valence-corrected chi connectivity index (χ3v) is 5.69. The van der Waals surface area contributed by atoms with Crippen molar-refractivity contribution in [3.8, 4) is 5.75 Å². The van der Waals surface area contributed by atoms with E-state index in [2.05, 4.69) is 0 Å². The summed E-state index contributed by atoms with van der Waals surface area (Å²) >= 11 is 1.54. The summed E-state index contributed by atoms with van der Waals surface area (Å²) in [6.45, 7) is 1.30. The van der Waals surface area contributed by atoms with Crippen LogP contribution in [0.5, 0.6) is 5.75 Å². The number of thioether (sulfide) groups is 1. The average Bonchev–Trinajstić information content (AvgIpc) is 3.06. The Balaban J connectivity index is 1.51. The maximum Gasteiger partial charge on any atom is 0.242 e. The number of piperidine rings is 1. The molecular formula is C18H22N2O4S. The number of hydrogen-bond acceptors (Lipinski definition) is 5. The van der Waals surface area contributed by atoms with Crippen LogP contribution in [0.15, 0.2) is 24.3 Å². The minimum Gasteiger partial charge on any atom is -0.497 e. The van der Waals surface area contributed by atoms with Crippen molar-refractivity contribution >= 4 is 29.4 Å². The van der Waals surface area contributed by atoms with Crippen LogP contribution >= 0.6 is 11.8 Å². The zero-order chi connectivity index (χ0) is 17.8. The van der Waals surface area contributed by atoms with Gasteiger partial charge in [0.25, 0.3) is 0 Å². The topological polar surface area (TPSA) is 66.9 Å². The molecule has 0 aromatic heterocycles. The molecule has 1 aromatic carbocycles. The molecule has 2 amide bonds. The molecule has 3 rings (SSSR count). The summed E-state index contributed by atoms with van der Waals surface area (Å²) < 4.78 is 5.11. The standard InChI is InChI=1S/C18H22N2O4S/c1-24-15-4-2-13(3-5-15)18(23)14-6-8-19(9-7-14)16(21)10-20-12-25-11-17(20)22/h2-5,14H,6-12H2,1H3. The van der Waals surface area contributed by atoms with E-state index in [1.807, 2.05) is 0 Å². The molecular weight excluding hydrogens is 340 g/mol. The third-order valence-electron chi connectivity index (χ3n) is 4.74. The predicted octanol–water partition coefficient (Wildman–Crippen LogP) is 1.65. The minimum atomic E-state index is -0.0542. The van der Waals surface area contributed by atoms with E-state index in [4.69, 9.17) is 4.74 Å². The highest BCUT2D eigenvalue weighted by Crippen LogP contribution is 2.23. The normalized spacial score (nSPS) is 18.5. The Labute approximate surface area is 151 Å². The quantitative estimate of drug-likeness (QED) is 0.745. The Kier molecular flexibility index (Phi) is 5.63. The van der Waals surface area contributed by atoms with Crippen LogP contribution in [0.1, 0.15) is 23.2 Å². The van der Waals surface area contributed by atoms with Crippen LogP contribution < -0.4 is 4.74 Å². The molecule has 0 aliphatic carbocycles. The van der Waals surface area contributed by atoms with Crippen molar-refractivity contribution in [1.29, 1.82) is 0 Å².